The lowest BCUT2D eigenvalue weighted by molar-refractivity contribution is 0.219. The molecule has 4 aromatic rings. The molecule has 1 N–H and O–H groups in total. The molecule has 0 radical (unpaired) electrons. The fourth-order valence-electron chi connectivity index (χ4n) is 5.21. The van der Waals surface area contributed by atoms with Crippen LogP contribution in [0.4, 0.5) is 8.78 Å². The van der Waals surface area contributed by atoms with Crippen LogP contribution in [0.1, 0.15) is 40.8 Å². The predicted molar refractivity (Wildman–Crippen MR) is 136 cm³/mol. The third-order valence-electron chi connectivity index (χ3n) is 6.91. The lowest BCUT2D eigenvalue weighted by atomic mass is 9.88. The van der Waals surface area contributed by atoms with Gasteiger partial charge in [0.05, 0.1) is 10.7 Å². The molecule has 1 aromatic carbocycles. The summed E-state index contributed by atoms with van der Waals surface area (Å²) in [7, 11) is 0. The Bertz CT molecular complexity index is 1550. The van der Waals surface area contributed by atoms with Gasteiger partial charge in [0.2, 0.25) is 0 Å². The predicted octanol–water partition coefficient (Wildman–Crippen LogP) is 6.35. The molecule has 1 aliphatic heterocycles. The third kappa shape index (κ3) is 4.18. The van der Waals surface area contributed by atoms with Crippen LogP contribution in [-0.2, 0) is 13.0 Å². The van der Waals surface area contributed by atoms with Crippen molar-refractivity contribution in [3.05, 3.63) is 106 Å². The van der Waals surface area contributed by atoms with Gasteiger partial charge in [0, 0.05) is 50.0 Å². The summed E-state index contributed by atoms with van der Waals surface area (Å²) < 4.78 is 27.4. The second kappa shape index (κ2) is 9.15. The van der Waals surface area contributed by atoms with E-state index in [1.807, 2.05) is 39.9 Å². The number of aryl methyl sites for hydroxylation is 1. The summed E-state index contributed by atoms with van der Waals surface area (Å²) in [6, 6.07) is 11.6. The highest BCUT2D eigenvalue weighted by Gasteiger charge is 2.26. The molecule has 8 heteroatoms. The number of fused-ring (bicyclic) bond motifs is 2. The Morgan fingerprint density at radius 3 is 2.72 bits per heavy atom. The molecule has 1 aliphatic carbocycles. The molecular weight excluding hydrogens is 482 g/mol. The number of rotatable bonds is 4. The average Bonchev–Trinajstić information content (AvgIpc) is 3.14. The number of imidazole rings is 1. The molecule has 1 saturated heterocycles. The topological polar surface area (TPSA) is 53.7 Å². The van der Waals surface area contributed by atoms with Gasteiger partial charge in [-0.05, 0) is 83.0 Å². The van der Waals surface area contributed by atoms with E-state index in [9.17, 15) is 13.9 Å². The fourth-order valence-corrected chi connectivity index (χ4v) is 5.45. The second-order valence-electron chi connectivity index (χ2n) is 9.33. The van der Waals surface area contributed by atoms with Crippen molar-refractivity contribution in [3.63, 3.8) is 0 Å². The molecule has 0 atom stereocenters. The summed E-state index contributed by atoms with van der Waals surface area (Å²) in [5.41, 5.74) is 8.14. The number of phenolic OH excluding ortho intramolecular Hbond substituents is 1. The number of benzene rings is 1. The Labute approximate surface area is 212 Å². The van der Waals surface area contributed by atoms with Crippen LogP contribution < -0.4 is 0 Å². The molecule has 2 aliphatic rings. The van der Waals surface area contributed by atoms with E-state index in [1.165, 1.54) is 0 Å². The SMILES string of the molecule is Oc1ccc2c(c1)CCCC(c1ccncc1Cl)=C2c1ccn2cc(CN3CC(=C(F)F)C3)nc2c1. The van der Waals surface area contributed by atoms with E-state index in [4.69, 9.17) is 16.6 Å². The van der Waals surface area contributed by atoms with Gasteiger partial charge in [-0.25, -0.2) is 4.98 Å². The Morgan fingerprint density at radius 1 is 1.06 bits per heavy atom. The molecule has 5 nitrogen and oxygen atoms in total. The highest BCUT2D eigenvalue weighted by atomic mass is 35.5. The van der Waals surface area contributed by atoms with Crippen molar-refractivity contribution in [3.8, 4) is 5.75 Å². The van der Waals surface area contributed by atoms with Gasteiger partial charge in [0.15, 0.2) is 0 Å². The summed E-state index contributed by atoms with van der Waals surface area (Å²) in [6.07, 6.45) is 8.38. The maximum absolute atomic E-state index is 12.7. The van der Waals surface area contributed by atoms with Gasteiger partial charge >= 0.3 is 0 Å². The van der Waals surface area contributed by atoms with E-state index in [0.717, 1.165) is 64.0 Å². The van der Waals surface area contributed by atoms with Gasteiger partial charge in [0.1, 0.15) is 11.4 Å². The summed E-state index contributed by atoms with van der Waals surface area (Å²) in [5, 5.41) is 10.7. The number of phenols is 1. The van der Waals surface area contributed by atoms with Crippen molar-refractivity contribution < 1.29 is 13.9 Å². The van der Waals surface area contributed by atoms with Crippen LogP contribution in [0.15, 0.2) is 72.8 Å². The number of allylic oxidation sites excluding steroid dienone is 1. The van der Waals surface area contributed by atoms with E-state index in [2.05, 4.69) is 17.1 Å². The Balaban J connectivity index is 1.45. The molecule has 4 heterocycles. The molecule has 0 bridgehead atoms. The molecule has 0 unspecified atom stereocenters. The minimum absolute atomic E-state index is 0.202. The Morgan fingerprint density at radius 2 is 1.92 bits per heavy atom. The average molecular weight is 505 g/mol. The number of aromatic hydroxyl groups is 1. The number of pyridine rings is 2. The van der Waals surface area contributed by atoms with Crippen LogP contribution in [0.2, 0.25) is 5.02 Å². The van der Waals surface area contributed by atoms with E-state index in [-0.39, 0.29) is 24.4 Å². The van der Waals surface area contributed by atoms with Gasteiger partial charge in [-0.15, -0.1) is 0 Å². The summed E-state index contributed by atoms with van der Waals surface area (Å²) >= 11 is 6.60. The van der Waals surface area contributed by atoms with E-state index in [0.29, 0.717) is 11.6 Å². The molecule has 182 valence electrons. The van der Waals surface area contributed by atoms with Crippen LogP contribution >= 0.6 is 11.6 Å². The zero-order valence-electron chi connectivity index (χ0n) is 19.4. The number of halogens is 3. The molecule has 1 fully saturated rings. The van der Waals surface area contributed by atoms with Crippen molar-refractivity contribution in [2.24, 2.45) is 0 Å². The number of aromatic nitrogens is 3. The molecule has 0 spiro atoms. The summed E-state index contributed by atoms with van der Waals surface area (Å²) in [4.78, 5) is 10.9. The van der Waals surface area contributed by atoms with Gasteiger partial charge in [-0.1, -0.05) is 17.7 Å². The van der Waals surface area contributed by atoms with Gasteiger partial charge in [0.25, 0.3) is 6.08 Å². The molecule has 0 amide bonds. The Hall–Kier alpha value is -3.55. The fraction of sp³-hybridized carbons (Fsp3) is 0.214. The van der Waals surface area contributed by atoms with Gasteiger partial charge in [-0.3, -0.25) is 9.88 Å². The van der Waals surface area contributed by atoms with Crippen molar-refractivity contribution in [1.29, 1.82) is 0 Å². The Kier molecular flexibility index (Phi) is 5.82. The number of hydrogen-bond donors (Lipinski definition) is 1. The lowest BCUT2D eigenvalue weighted by Gasteiger charge is -2.32. The maximum atomic E-state index is 12.7. The van der Waals surface area contributed by atoms with Crippen LogP contribution in [0, 0.1) is 0 Å². The van der Waals surface area contributed by atoms with Crippen molar-refractivity contribution in [2.45, 2.75) is 25.8 Å². The molecule has 3 aromatic heterocycles. The largest absolute Gasteiger partial charge is 0.508 e. The van der Waals surface area contributed by atoms with Crippen molar-refractivity contribution in [2.75, 3.05) is 13.1 Å². The zero-order chi connectivity index (χ0) is 24.8. The number of likely N-dealkylation sites (tertiary alicyclic amines) is 1. The zero-order valence-corrected chi connectivity index (χ0v) is 20.1. The van der Waals surface area contributed by atoms with Crippen LogP contribution in [0.5, 0.6) is 5.75 Å². The number of nitrogens with zero attached hydrogens (tertiary/aromatic N) is 4. The minimum atomic E-state index is -1.57. The first-order chi connectivity index (χ1) is 17.5. The summed E-state index contributed by atoms with van der Waals surface area (Å²) in [5.74, 6) is 0.253. The van der Waals surface area contributed by atoms with Crippen molar-refractivity contribution >= 4 is 28.4 Å². The van der Waals surface area contributed by atoms with E-state index in [1.54, 1.807) is 18.5 Å². The molecule has 0 saturated carbocycles. The van der Waals surface area contributed by atoms with E-state index < -0.39 is 6.08 Å². The first kappa shape index (κ1) is 22.9. The minimum Gasteiger partial charge on any atom is -0.508 e. The highest BCUT2D eigenvalue weighted by Crippen LogP contribution is 2.42. The van der Waals surface area contributed by atoms with Crippen LogP contribution in [0.25, 0.3) is 16.8 Å². The highest BCUT2D eigenvalue weighted by molar-refractivity contribution is 6.32. The summed E-state index contributed by atoms with van der Waals surface area (Å²) in [6.45, 7) is 1.10. The van der Waals surface area contributed by atoms with Crippen LogP contribution in [0.3, 0.4) is 0 Å². The maximum Gasteiger partial charge on any atom is 0.272 e. The molecule has 36 heavy (non-hydrogen) atoms. The number of hydrogen-bond acceptors (Lipinski definition) is 4. The van der Waals surface area contributed by atoms with Crippen LogP contribution in [-0.4, -0.2) is 37.5 Å². The normalized spacial score (nSPS) is 16.1. The first-order valence-corrected chi connectivity index (χ1v) is 12.2. The first-order valence-electron chi connectivity index (χ1n) is 11.8. The quantitative estimate of drug-likeness (QED) is 0.352. The van der Waals surface area contributed by atoms with Crippen molar-refractivity contribution in [1.82, 2.24) is 19.3 Å². The lowest BCUT2D eigenvalue weighted by Crippen LogP contribution is -2.39. The molecule has 6 rings (SSSR count). The monoisotopic (exact) mass is 504 g/mol. The standard InChI is InChI=1S/C28H23ClF2N4O/c29-25-12-32-8-6-23(25)24-3-1-2-17-10-21(36)4-5-22(17)27(24)18-7-9-35-16-20(33-26(35)11-18)15-34-13-19(14-34)28(30)31/h4-12,16,36H,1-3,13-15H2. The van der Waals surface area contributed by atoms with Gasteiger partial charge in [-0.2, -0.15) is 8.78 Å². The molecular formula is C28H23ClF2N4O. The second-order valence-corrected chi connectivity index (χ2v) is 9.73. The smallest absolute Gasteiger partial charge is 0.272 e. The van der Waals surface area contributed by atoms with Gasteiger partial charge < -0.3 is 9.51 Å². The third-order valence-corrected chi connectivity index (χ3v) is 7.21. The van der Waals surface area contributed by atoms with E-state index >= 15 is 0 Å².